The Balaban J connectivity index is 1.43. The van der Waals surface area contributed by atoms with Gasteiger partial charge in [0.05, 0.1) is 0 Å². The van der Waals surface area contributed by atoms with Gasteiger partial charge in [0.1, 0.15) is 0 Å². The molecule has 0 amide bonds. The van der Waals surface area contributed by atoms with Crippen LogP contribution in [0.5, 0.6) is 0 Å². The molecule has 0 saturated heterocycles. The molecular weight excluding hydrogens is 871 g/mol. The van der Waals surface area contributed by atoms with Gasteiger partial charge in [-0.1, -0.05) is 0 Å². The van der Waals surface area contributed by atoms with Gasteiger partial charge in [0, 0.05) is 0 Å². The van der Waals surface area contributed by atoms with E-state index in [-0.39, 0.29) is 18.1 Å². The summed E-state index contributed by atoms with van der Waals surface area (Å²) in [6.07, 6.45) is 9.55. The van der Waals surface area contributed by atoms with Crippen molar-refractivity contribution in [3.8, 4) is 33.4 Å². The van der Waals surface area contributed by atoms with Gasteiger partial charge in [0.25, 0.3) is 0 Å². The second-order valence-electron chi connectivity index (χ2n) is 19.1. The van der Waals surface area contributed by atoms with Crippen LogP contribution in [0.3, 0.4) is 0 Å². The Morgan fingerprint density at radius 3 is 1.27 bits per heavy atom. The number of benzene rings is 8. The molecule has 8 aromatic rings. The van der Waals surface area contributed by atoms with Gasteiger partial charge in [-0.3, -0.25) is 0 Å². The van der Waals surface area contributed by atoms with Crippen LogP contribution in [0.1, 0.15) is 78.5 Å². The van der Waals surface area contributed by atoms with E-state index < -0.39 is 21.3 Å². The first-order valence-electron chi connectivity index (χ1n) is 21.8. The molecule has 8 aromatic carbocycles. The molecule has 0 saturated carbocycles. The van der Waals surface area contributed by atoms with E-state index in [2.05, 4.69) is 224 Å². The van der Waals surface area contributed by atoms with Gasteiger partial charge in [0.2, 0.25) is 0 Å². The van der Waals surface area contributed by atoms with Crippen LogP contribution in [-0.4, -0.2) is 3.21 Å². The first kappa shape index (κ1) is 41.1. The predicted molar refractivity (Wildman–Crippen MR) is 265 cm³/mol. The number of fused-ring (bicyclic) bond motifs is 5. The quantitative estimate of drug-likeness (QED) is 0.156. The second-order valence-corrected chi connectivity index (χ2v) is 26.5. The number of hydrogen-bond donors (Lipinski definition) is 0. The Kier molecular flexibility index (Phi) is 10.6. The Labute approximate surface area is 384 Å². The zero-order valence-corrected chi connectivity index (χ0v) is 40.2. The summed E-state index contributed by atoms with van der Waals surface area (Å²) in [5.74, 6) is 0. The normalized spacial score (nSPS) is 13.9. The topological polar surface area (TPSA) is 0 Å². The summed E-state index contributed by atoms with van der Waals surface area (Å²) < 4.78 is 1.85. The minimum atomic E-state index is -3.31. The molecule has 2 aliphatic carbocycles. The van der Waals surface area contributed by atoms with Crippen molar-refractivity contribution in [3.63, 3.8) is 0 Å². The summed E-state index contributed by atoms with van der Waals surface area (Å²) in [5.41, 5.74) is 15.8. The summed E-state index contributed by atoms with van der Waals surface area (Å²) in [5, 5.41) is 6.23. The fraction of sp³-hybridized carbons (Fsp3) is 0.169. The van der Waals surface area contributed by atoms with Gasteiger partial charge in [-0.15, -0.1) is 0 Å². The van der Waals surface area contributed by atoms with E-state index >= 15 is 0 Å². The average Bonchev–Trinajstić information content (AvgIpc) is 3.90. The molecule has 10 rings (SSSR count). The Morgan fingerprint density at radius 1 is 0.452 bits per heavy atom. The molecule has 0 aliphatic heterocycles. The maximum atomic E-state index is 7.24. The van der Waals surface area contributed by atoms with Gasteiger partial charge in [-0.05, 0) is 0 Å². The van der Waals surface area contributed by atoms with E-state index in [1.165, 1.54) is 80.7 Å². The van der Waals surface area contributed by atoms with Gasteiger partial charge < -0.3 is 0 Å². The number of rotatable bonds is 6. The van der Waals surface area contributed by atoms with Gasteiger partial charge in [-0.2, -0.15) is 0 Å². The summed E-state index contributed by atoms with van der Waals surface area (Å²) in [7, 11) is 0. The standard InChI is InChI=1S/C33H33.C21H12Cl2.C5H5.Zr/c1-32(2,3)30-20-26-24(18-28(30)22-13-9-7-10-14-22)17-25-19-29(23-15-11-8-12-16-23)31(21-27(25)26)33(4,5)6;22-18-10-14-5-1-3-7-20(14)16(12-18)9-17-13-19(23)11-15-6-2-4-8-21(15)17;1-2-4-5-3-1;/h7-21H,1-6H3;1-8,10-13H;1-5H;. The Bertz CT molecular complexity index is 2950. The molecule has 0 N–H and O–H groups in total. The molecular formula is C59H50Cl2Zr. The van der Waals surface area contributed by atoms with Crippen molar-refractivity contribution in [3.05, 3.63) is 225 Å². The van der Waals surface area contributed by atoms with Crippen LogP contribution >= 0.6 is 23.2 Å². The molecule has 304 valence electrons. The second kappa shape index (κ2) is 16.0. The summed E-state index contributed by atoms with van der Waals surface area (Å²) in [4.78, 5) is 0. The van der Waals surface area contributed by atoms with Crippen LogP contribution in [0.4, 0.5) is 0 Å². The van der Waals surface area contributed by atoms with Crippen molar-refractivity contribution in [1.29, 1.82) is 0 Å². The maximum absolute atomic E-state index is 7.24. The SMILES string of the molecule is CC(C)(C)c1cc2c(cc1-c1ccccc1)[CH]([Zr](=[C](c1cc(Cl)cc3ccccc13)c1cc(Cl)cc3ccccc13)[CH]1C=CC=C1)c1cc(-c3ccccc3)c(C(C)(C)C)cc1-2. The molecule has 0 nitrogen and oxygen atoms in total. The Morgan fingerprint density at radius 2 is 0.855 bits per heavy atom. The first-order chi connectivity index (χ1) is 29.8. The van der Waals surface area contributed by atoms with Crippen LogP contribution in [-0.2, 0) is 32.1 Å². The van der Waals surface area contributed by atoms with Crippen molar-refractivity contribution in [2.75, 3.05) is 0 Å². The van der Waals surface area contributed by atoms with Gasteiger partial charge in [-0.25, -0.2) is 0 Å². The fourth-order valence-corrected chi connectivity index (χ4v) is 20.1. The molecule has 0 aromatic heterocycles. The van der Waals surface area contributed by atoms with E-state index in [9.17, 15) is 0 Å². The van der Waals surface area contributed by atoms with Gasteiger partial charge in [0.15, 0.2) is 0 Å². The summed E-state index contributed by atoms with van der Waals surface area (Å²) in [6, 6.07) is 58.8. The third kappa shape index (κ3) is 7.35. The van der Waals surface area contributed by atoms with Crippen LogP contribution in [0.25, 0.3) is 54.9 Å². The summed E-state index contributed by atoms with van der Waals surface area (Å²) in [6.45, 7) is 14.2. The number of allylic oxidation sites excluding steroid dienone is 4. The predicted octanol–water partition coefficient (Wildman–Crippen LogP) is 17.1. The monoisotopic (exact) mass is 918 g/mol. The molecule has 0 heterocycles. The Hall–Kier alpha value is -4.91. The number of halogens is 2. The van der Waals surface area contributed by atoms with E-state index in [0.29, 0.717) is 0 Å². The zero-order chi connectivity index (χ0) is 42.9. The van der Waals surface area contributed by atoms with E-state index in [1.54, 1.807) is 0 Å². The minimum absolute atomic E-state index is 0.0928. The van der Waals surface area contributed by atoms with Crippen LogP contribution < -0.4 is 0 Å². The molecule has 62 heavy (non-hydrogen) atoms. The molecule has 0 fully saturated rings. The fourth-order valence-electron chi connectivity index (χ4n) is 10.2. The average molecular weight is 921 g/mol. The van der Waals surface area contributed by atoms with E-state index in [1.807, 2.05) is 0 Å². The van der Waals surface area contributed by atoms with Crippen LogP contribution in [0.15, 0.2) is 182 Å². The van der Waals surface area contributed by atoms with Crippen molar-refractivity contribution in [2.24, 2.45) is 0 Å². The van der Waals surface area contributed by atoms with Crippen molar-refractivity contribution in [2.45, 2.75) is 59.6 Å². The zero-order valence-electron chi connectivity index (χ0n) is 36.2. The third-order valence-corrected chi connectivity index (χ3v) is 21.9. The molecule has 0 spiro atoms. The van der Waals surface area contributed by atoms with Gasteiger partial charge >= 0.3 is 388 Å². The van der Waals surface area contributed by atoms with Crippen molar-refractivity contribution in [1.82, 2.24) is 0 Å². The van der Waals surface area contributed by atoms with Crippen molar-refractivity contribution < 1.29 is 21.3 Å². The molecule has 0 bridgehead atoms. The van der Waals surface area contributed by atoms with E-state index in [4.69, 9.17) is 23.2 Å². The third-order valence-electron chi connectivity index (χ3n) is 13.0. The molecule has 0 unspecified atom stereocenters. The van der Waals surface area contributed by atoms with E-state index in [0.717, 1.165) is 20.8 Å². The molecule has 3 heteroatoms. The molecule has 0 radical (unpaired) electrons. The number of hydrogen-bond acceptors (Lipinski definition) is 0. The van der Waals surface area contributed by atoms with Crippen molar-refractivity contribution >= 4 is 48.0 Å². The molecule has 2 aliphatic rings. The first-order valence-corrected chi connectivity index (χ1v) is 26.6. The van der Waals surface area contributed by atoms with Crippen LogP contribution in [0.2, 0.25) is 13.7 Å². The van der Waals surface area contributed by atoms with Crippen LogP contribution in [0, 0.1) is 0 Å². The molecule has 0 atom stereocenters. The summed E-state index contributed by atoms with van der Waals surface area (Å²) >= 11 is 11.2.